The molecule has 1 heterocycles. The number of likely N-dealkylation sites (tertiary alicyclic amines) is 1. The second-order valence-corrected chi connectivity index (χ2v) is 6.42. The van der Waals surface area contributed by atoms with E-state index in [4.69, 9.17) is 0 Å². The number of nitrogens with zero attached hydrogens (tertiary/aromatic N) is 1. The van der Waals surface area contributed by atoms with Gasteiger partial charge in [-0.25, -0.2) is 0 Å². The lowest BCUT2D eigenvalue weighted by atomic mass is 10.1. The fourth-order valence-electron chi connectivity index (χ4n) is 2.53. The number of anilines is 1. The van der Waals surface area contributed by atoms with Gasteiger partial charge in [0.2, 0.25) is 5.91 Å². The summed E-state index contributed by atoms with van der Waals surface area (Å²) < 4.78 is 0. The van der Waals surface area contributed by atoms with E-state index in [9.17, 15) is 9.59 Å². The Morgan fingerprint density at radius 3 is 2.77 bits per heavy atom. The van der Waals surface area contributed by atoms with Crippen molar-refractivity contribution in [1.29, 1.82) is 0 Å². The largest absolute Gasteiger partial charge is 0.352 e. The van der Waals surface area contributed by atoms with Crippen molar-refractivity contribution >= 4 is 17.5 Å². The highest BCUT2D eigenvalue weighted by molar-refractivity contribution is 5.97. The third-order valence-corrected chi connectivity index (χ3v) is 3.83. The van der Waals surface area contributed by atoms with Crippen molar-refractivity contribution in [2.24, 2.45) is 11.8 Å². The van der Waals surface area contributed by atoms with Crippen LogP contribution in [0, 0.1) is 11.8 Å². The summed E-state index contributed by atoms with van der Waals surface area (Å²) in [6.07, 6.45) is 0.886. The minimum absolute atomic E-state index is 0.0309. The number of benzene rings is 1. The smallest absolute Gasteiger partial charge is 0.251 e. The summed E-state index contributed by atoms with van der Waals surface area (Å²) in [5, 5.41) is 5.80. The molecule has 1 saturated heterocycles. The molecule has 5 nitrogen and oxygen atoms in total. The number of hydrogen-bond donors (Lipinski definition) is 2. The van der Waals surface area contributed by atoms with Crippen LogP contribution in [0.3, 0.4) is 0 Å². The van der Waals surface area contributed by atoms with Crippen molar-refractivity contribution in [2.75, 3.05) is 32.0 Å². The van der Waals surface area contributed by atoms with E-state index < -0.39 is 0 Å². The Bertz CT molecular complexity index is 542. The zero-order chi connectivity index (χ0) is 16.1. The SMILES string of the molecule is CC(C)CNC(=O)c1cccc(NC(=O)C2CCN(C)C2)c1. The van der Waals surface area contributed by atoms with Crippen molar-refractivity contribution in [3.63, 3.8) is 0 Å². The van der Waals surface area contributed by atoms with Crippen LogP contribution in [0.1, 0.15) is 30.6 Å². The Morgan fingerprint density at radius 1 is 1.36 bits per heavy atom. The fraction of sp³-hybridized carbons (Fsp3) is 0.529. The van der Waals surface area contributed by atoms with E-state index in [0.29, 0.717) is 23.7 Å². The van der Waals surface area contributed by atoms with Crippen molar-refractivity contribution in [3.05, 3.63) is 29.8 Å². The molecule has 2 amide bonds. The molecule has 2 rings (SSSR count). The molecule has 0 spiro atoms. The molecule has 0 aromatic heterocycles. The Labute approximate surface area is 132 Å². The molecule has 0 saturated carbocycles. The van der Waals surface area contributed by atoms with Gasteiger partial charge >= 0.3 is 0 Å². The van der Waals surface area contributed by atoms with Crippen LogP contribution in [-0.2, 0) is 4.79 Å². The lowest BCUT2D eigenvalue weighted by Crippen LogP contribution is -2.28. The number of carbonyl (C=O) groups is 2. The topological polar surface area (TPSA) is 61.4 Å². The molecule has 1 unspecified atom stereocenters. The van der Waals surface area contributed by atoms with E-state index in [0.717, 1.165) is 19.5 Å². The van der Waals surface area contributed by atoms with Gasteiger partial charge < -0.3 is 15.5 Å². The fourth-order valence-corrected chi connectivity index (χ4v) is 2.53. The number of hydrogen-bond acceptors (Lipinski definition) is 3. The maximum atomic E-state index is 12.2. The number of nitrogens with one attached hydrogen (secondary N) is 2. The molecule has 1 aliphatic rings. The number of carbonyl (C=O) groups excluding carboxylic acids is 2. The van der Waals surface area contributed by atoms with Crippen LogP contribution in [0.25, 0.3) is 0 Å². The number of amides is 2. The average Bonchev–Trinajstić information content (AvgIpc) is 2.91. The van der Waals surface area contributed by atoms with Crippen molar-refractivity contribution in [3.8, 4) is 0 Å². The Kier molecular flexibility index (Phi) is 5.55. The maximum Gasteiger partial charge on any atom is 0.251 e. The maximum absolute atomic E-state index is 12.2. The van der Waals surface area contributed by atoms with Crippen molar-refractivity contribution in [2.45, 2.75) is 20.3 Å². The second kappa shape index (κ2) is 7.40. The van der Waals surface area contributed by atoms with Crippen LogP contribution in [0.2, 0.25) is 0 Å². The summed E-state index contributed by atoms with van der Waals surface area (Å²) in [7, 11) is 2.02. The van der Waals surface area contributed by atoms with Crippen molar-refractivity contribution in [1.82, 2.24) is 10.2 Å². The zero-order valence-electron chi connectivity index (χ0n) is 13.6. The van der Waals surface area contributed by atoms with Crippen LogP contribution in [0.5, 0.6) is 0 Å². The van der Waals surface area contributed by atoms with Gasteiger partial charge in [0.15, 0.2) is 0 Å². The molecular weight excluding hydrogens is 278 g/mol. The van der Waals surface area contributed by atoms with Crippen LogP contribution in [0.4, 0.5) is 5.69 Å². The number of rotatable bonds is 5. The van der Waals surface area contributed by atoms with Crippen molar-refractivity contribution < 1.29 is 9.59 Å². The molecule has 1 aromatic rings. The highest BCUT2D eigenvalue weighted by Gasteiger charge is 2.26. The minimum atomic E-state index is -0.106. The summed E-state index contributed by atoms with van der Waals surface area (Å²) in [6.45, 7) is 6.49. The molecular formula is C17H25N3O2. The first-order valence-electron chi connectivity index (χ1n) is 7.83. The molecule has 1 fully saturated rings. The predicted molar refractivity (Wildman–Crippen MR) is 87.8 cm³/mol. The van der Waals surface area contributed by atoms with Gasteiger partial charge in [-0.15, -0.1) is 0 Å². The van der Waals surface area contributed by atoms with Gasteiger partial charge in [-0.1, -0.05) is 19.9 Å². The first kappa shape index (κ1) is 16.5. The predicted octanol–water partition coefficient (Wildman–Crippen LogP) is 1.96. The van der Waals surface area contributed by atoms with E-state index in [1.54, 1.807) is 18.2 Å². The molecule has 2 N–H and O–H groups in total. The second-order valence-electron chi connectivity index (χ2n) is 6.42. The Hall–Kier alpha value is -1.88. The third-order valence-electron chi connectivity index (χ3n) is 3.83. The Balaban J connectivity index is 1.96. The molecule has 1 aliphatic heterocycles. The van der Waals surface area contributed by atoms with Gasteiger partial charge in [-0.2, -0.15) is 0 Å². The quantitative estimate of drug-likeness (QED) is 0.874. The minimum Gasteiger partial charge on any atom is -0.352 e. The van der Waals surface area contributed by atoms with Gasteiger partial charge in [-0.3, -0.25) is 9.59 Å². The van der Waals surface area contributed by atoms with E-state index in [2.05, 4.69) is 29.4 Å². The van der Waals surface area contributed by atoms with Gasteiger partial charge in [0.05, 0.1) is 5.92 Å². The average molecular weight is 303 g/mol. The zero-order valence-corrected chi connectivity index (χ0v) is 13.6. The highest BCUT2D eigenvalue weighted by atomic mass is 16.2. The molecule has 1 atom stereocenters. The van der Waals surface area contributed by atoms with Crippen LogP contribution in [-0.4, -0.2) is 43.4 Å². The van der Waals surface area contributed by atoms with Crippen LogP contribution in [0.15, 0.2) is 24.3 Å². The Morgan fingerprint density at radius 2 is 2.14 bits per heavy atom. The van der Waals surface area contributed by atoms with E-state index >= 15 is 0 Å². The van der Waals surface area contributed by atoms with Crippen LogP contribution < -0.4 is 10.6 Å². The lowest BCUT2D eigenvalue weighted by molar-refractivity contribution is -0.119. The molecule has 0 radical (unpaired) electrons. The molecule has 22 heavy (non-hydrogen) atoms. The standard InChI is InChI=1S/C17H25N3O2/c1-12(2)10-18-16(21)13-5-4-6-15(9-13)19-17(22)14-7-8-20(3)11-14/h4-6,9,12,14H,7-8,10-11H2,1-3H3,(H,18,21)(H,19,22). The summed E-state index contributed by atoms with van der Waals surface area (Å²) >= 11 is 0. The molecule has 0 aliphatic carbocycles. The van der Waals surface area contributed by atoms with Gasteiger partial charge in [0.25, 0.3) is 5.91 Å². The first-order chi connectivity index (χ1) is 10.5. The lowest BCUT2D eigenvalue weighted by Gasteiger charge is -2.12. The summed E-state index contributed by atoms with van der Waals surface area (Å²) in [4.78, 5) is 26.4. The first-order valence-corrected chi connectivity index (χ1v) is 7.83. The normalized spacial score (nSPS) is 18.5. The highest BCUT2D eigenvalue weighted by Crippen LogP contribution is 2.18. The van der Waals surface area contributed by atoms with Crippen LogP contribution >= 0.6 is 0 Å². The van der Waals surface area contributed by atoms with E-state index in [1.807, 2.05) is 13.1 Å². The van der Waals surface area contributed by atoms with E-state index in [1.165, 1.54) is 0 Å². The molecule has 5 heteroatoms. The molecule has 1 aromatic carbocycles. The summed E-state index contributed by atoms with van der Waals surface area (Å²) in [5.74, 6) is 0.365. The van der Waals surface area contributed by atoms with E-state index in [-0.39, 0.29) is 17.7 Å². The summed E-state index contributed by atoms with van der Waals surface area (Å²) in [5.41, 5.74) is 1.25. The monoisotopic (exact) mass is 303 g/mol. The summed E-state index contributed by atoms with van der Waals surface area (Å²) in [6, 6.07) is 7.09. The van der Waals surface area contributed by atoms with Gasteiger partial charge in [-0.05, 0) is 44.1 Å². The third kappa shape index (κ3) is 4.56. The van der Waals surface area contributed by atoms with Gasteiger partial charge in [0.1, 0.15) is 0 Å². The molecule has 0 bridgehead atoms. The molecule has 120 valence electrons. The van der Waals surface area contributed by atoms with Gasteiger partial charge in [0, 0.05) is 24.3 Å².